The van der Waals surface area contributed by atoms with Crippen LogP contribution in [0.1, 0.15) is 18.1 Å². The van der Waals surface area contributed by atoms with Crippen molar-refractivity contribution in [3.8, 4) is 11.5 Å². The van der Waals surface area contributed by atoms with E-state index in [1.807, 2.05) is 31.2 Å². The first-order valence-electron chi connectivity index (χ1n) is 9.53. The van der Waals surface area contributed by atoms with E-state index < -0.39 is 5.41 Å². The van der Waals surface area contributed by atoms with Crippen LogP contribution < -0.4 is 9.47 Å². The zero-order valence-electron chi connectivity index (χ0n) is 16.4. The second kappa shape index (κ2) is 8.05. The molecular formula is C22H23Cl2NO4. The van der Waals surface area contributed by atoms with Gasteiger partial charge in [0.25, 0.3) is 0 Å². The maximum atomic E-state index is 11.9. The van der Waals surface area contributed by atoms with Crippen LogP contribution >= 0.6 is 23.2 Å². The van der Waals surface area contributed by atoms with Gasteiger partial charge in [-0.25, -0.2) is 0 Å². The number of carbonyl (C=O) groups is 1. The maximum Gasteiger partial charge on any atom is 0.314 e. The lowest BCUT2D eigenvalue weighted by Gasteiger charge is -2.50. The summed E-state index contributed by atoms with van der Waals surface area (Å²) < 4.78 is 16.8. The molecule has 0 aliphatic carbocycles. The summed E-state index contributed by atoms with van der Waals surface area (Å²) in [5.74, 6) is 1.40. The van der Waals surface area contributed by atoms with Crippen LogP contribution in [0.25, 0.3) is 0 Å². The first-order chi connectivity index (χ1) is 13.9. The van der Waals surface area contributed by atoms with Crippen molar-refractivity contribution in [2.24, 2.45) is 5.41 Å². The summed E-state index contributed by atoms with van der Waals surface area (Å²) in [4.78, 5) is 14.2. The van der Waals surface area contributed by atoms with Crippen molar-refractivity contribution in [2.45, 2.75) is 26.0 Å². The van der Waals surface area contributed by atoms with Crippen molar-refractivity contribution in [2.75, 3.05) is 26.8 Å². The summed E-state index contributed by atoms with van der Waals surface area (Å²) in [6.07, 6.45) is 0.878. The zero-order chi connectivity index (χ0) is 20.6. The van der Waals surface area contributed by atoms with Gasteiger partial charge in [-0.15, -0.1) is 0 Å². The van der Waals surface area contributed by atoms with Crippen molar-refractivity contribution in [3.05, 3.63) is 57.6 Å². The summed E-state index contributed by atoms with van der Waals surface area (Å²) in [7, 11) is 1.44. The lowest BCUT2D eigenvalue weighted by molar-refractivity contribution is -0.165. The fourth-order valence-corrected chi connectivity index (χ4v) is 4.48. The Balaban J connectivity index is 1.37. The normalized spacial score (nSPS) is 20.2. The van der Waals surface area contributed by atoms with Crippen LogP contribution in [0.15, 0.2) is 36.4 Å². The average molecular weight is 436 g/mol. The Morgan fingerprint density at radius 1 is 1.24 bits per heavy atom. The smallest absolute Gasteiger partial charge is 0.314 e. The minimum Gasteiger partial charge on any atom is -0.492 e. The van der Waals surface area contributed by atoms with Gasteiger partial charge in [-0.05, 0) is 37.1 Å². The van der Waals surface area contributed by atoms with Crippen LogP contribution in [0.5, 0.6) is 11.5 Å². The van der Waals surface area contributed by atoms with Crippen molar-refractivity contribution < 1.29 is 19.0 Å². The van der Waals surface area contributed by atoms with Crippen LogP contribution in [-0.2, 0) is 22.6 Å². The van der Waals surface area contributed by atoms with E-state index in [1.165, 1.54) is 7.11 Å². The minimum absolute atomic E-state index is 0.147. The number of carbonyl (C=O) groups excluding carboxylic acids is 1. The van der Waals surface area contributed by atoms with E-state index in [2.05, 4.69) is 4.90 Å². The molecule has 0 spiro atoms. The third-order valence-corrected chi connectivity index (χ3v) is 6.38. The molecular weight excluding hydrogens is 413 g/mol. The van der Waals surface area contributed by atoms with Gasteiger partial charge in [-0.3, -0.25) is 9.69 Å². The molecule has 1 unspecified atom stereocenters. The lowest BCUT2D eigenvalue weighted by Crippen LogP contribution is -2.64. The van der Waals surface area contributed by atoms with Gasteiger partial charge in [-0.1, -0.05) is 35.3 Å². The molecule has 2 aromatic carbocycles. The Morgan fingerprint density at radius 2 is 1.97 bits per heavy atom. The van der Waals surface area contributed by atoms with Gasteiger partial charge >= 0.3 is 5.97 Å². The van der Waals surface area contributed by atoms with Gasteiger partial charge < -0.3 is 14.2 Å². The third-order valence-electron chi connectivity index (χ3n) is 5.67. The topological polar surface area (TPSA) is 48.0 Å². The molecule has 0 saturated carbocycles. The summed E-state index contributed by atoms with van der Waals surface area (Å²) in [6, 6.07) is 11.5. The molecule has 0 aromatic heterocycles. The fourth-order valence-electron chi connectivity index (χ4n) is 3.97. The van der Waals surface area contributed by atoms with Gasteiger partial charge in [0.15, 0.2) is 0 Å². The van der Waals surface area contributed by atoms with Gasteiger partial charge in [-0.2, -0.15) is 0 Å². The minimum atomic E-state index is -0.410. The Morgan fingerprint density at radius 3 is 2.66 bits per heavy atom. The molecule has 2 aliphatic rings. The molecule has 4 rings (SSSR count). The van der Waals surface area contributed by atoms with E-state index in [1.54, 1.807) is 12.1 Å². The van der Waals surface area contributed by atoms with Crippen molar-refractivity contribution in [1.82, 2.24) is 4.90 Å². The summed E-state index contributed by atoms with van der Waals surface area (Å²) >= 11 is 12.4. The molecule has 0 N–H and O–H groups in total. The number of nitrogens with zero attached hydrogens (tertiary/aromatic N) is 1. The Bertz CT molecular complexity index is 907. The van der Waals surface area contributed by atoms with E-state index in [4.69, 9.17) is 37.4 Å². The van der Waals surface area contributed by atoms with Gasteiger partial charge in [0.1, 0.15) is 24.7 Å². The SMILES string of the molecule is COC(=O)C1(C)CN(C2COc3cc(OCc4c(Cl)cccc4Cl)ccc3C2)C1. The Labute approximate surface area is 180 Å². The van der Waals surface area contributed by atoms with Gasteiger partial charge in [0.2, 0.25) is 0 Å². The quantitative estimate of drug-likeness (QED) is 0.652. The number of halogens is 2. The van der Waals surface area contributed by atoms with Crippen molar-refractivity contribution >= 4 is 29.2 Å². The van der Waals surface area contributed by atoms with Crippen LogP contribution in [0, 0.1) is 5.41 Å². The molecule has 154 valence electrons. The number of hydrogen-bond donors (Lipinski definition) is 0. The first-order valence-corrected chi connectivity index (χ1v) is 10.3. The van der Waals surface area contributed by atoms with Crippen molar-refractivity contribution in [3.63, 3.8) is 0 Å². The summed E-state index contributed by atoms with van der Waals surface area (Å²) in [6.45, 7) is 4.22. The van der Waals surface area contributed by atoms with Crippen LogP contribution in [-0.4, -0.2) is 43.7 Å². The number of benzene rings is 2. The van der Waals surface area contributed by atoms with E-state index in [9.17, 15) is 4.79 Å². The van der Waals surface area contributed by atoms with Crippen LogP contribution in [0.2, 0.25) is 10.0 Å². The second-order valence-corrected chi connectivity index (χ2v) is 8.70. The summed E-state index contributed by atoms with van der Waals surface area (Å²) in [5.41, 5.74) is 1.49. The number of likely N-dealkylation sites (tertiary alicyclic amines) is 1. The standard InChI is InChI=1S/C22H23Cl2NO4/c1-22(21(26)27-2)12-25(13-22)15-8-14-6-7-16(9-20(14)29-10-15)28-11-17-18(23)4-3-5-19(17)24/h3-7,9,15H,8,10-13H2,1-2H3. The highest BCUT2D eigenvalue weighted by Gasteiger charge is 2.48. The monoisotopic (exact) mass is 435 g/mol. The predicted molar refractivity (Wildman–Crippen MR) is 112 cm³/mol. The molecule has 29 heavy (non-hydrogen) atoms. The molecule has 2 aromatic rings. The third kappa shape index (κ3) is 4.04. The molecule has 0 radical (unpaired) electrons. The van der Waals surface area contributed by atoms with Gasteiger partial charge in [0, 0.05) is 40.8 Å². The fraction of sp³-hybridized carbons (Fsp3) is 0.409. The van der Waals surface area contributed by atoms with Crippen LogP contribution in [0.4, 0.5) is 0 Å². The first kappa shape index (κ1) is 20.3. The molecule has 1 fully saturated rings. The Hall–Kier alpha value is -1.95. The highest BCUT2D eigenvalue weighted by molar-refractivity contribution is 6.35. The predicted octanol–water partition coefficient (Wildman–Crippen LogP) is 4.37. The molecule has 7 heteroatoms. The number of rotatable bonds is 5. The molecule has 2 heterocycles. The largest absolute Gasteiger partial charge is 0.492 e. The van der Waals surface area contributed by atoms with Crippen molar-refractivity contribution in [1.29, 1.82) is 0 Å². The van der Waals surface area contributed by atoms with E-state index in [0.29, 0.717) is 42.1 Å². The number of ether oxygens (including phenoxy) is 3. The lowest BCUT2D eigenvalue weighted by atomic mass is 9.80. The molecule has 0 bridgehead atoms. The number of hydrogen-bond acceptors (Lipinski definition) is 5. The summed E-state index contributed by atoms with van der Waals surface area (Å²) in [5, 5.41) is 1.17. The second-order valence-electron chi connectivity index (χ2n) is 7.88. The molecule has 1 saturated heterocycles. The molecule has 0 amide bonds. The number of esters is 1. The van der Waals surface area contributed by atoms with E-state index in [-0.39, 0.29) is 12.0 Å². The van der Waals surface area contributed by atoms with Gasteiger partial charge in [0.05, 0.1) is 12.5 Å². The maximum absolute atomic E-state index is 11.9. The number of fused-ring (bicyclic) bond motifs is 1. The highest BCUT2D eigenvalue weighted by Crippen LogP contribution is 2.37. The highest BCUT2D eigenvalue weighted by atomic mass is 35.5. The van der Waals surface area contributed by atoms with E-state index in [0.717, 1.165) is 23.3 Å². The molecule has 2 aliphatic heterocycles. The molecule has 5 nitrogen and oxygen atoms in total. The molecule has 1 atom stereocenters. The van der Waals surface area contributed by atoms with Crippen LogP contribution in [0.3, 0.4) is 0 Å². The Kier molecular flexibility index (Phi) is 5.65. The number of methoxy groups -OCH3 is 1. The average Bonchev–Trinajstić information content (AvgIpc) is 2.70. The zero-order valence-corrected chi connectivity index (χ0v) is 17.9. The van der Waals surface area contributed by atoms with E-state index >= 15 is 0 Å².